The molecule has 4 N–H and O–H groups in total. The minimum absolute atomic E-state index is 0. The van der Waals surface area contributed by atoms with E-state index in [9.17, 15) is 0 Å². The Bertz CT molecular complexity index is 449. The summed E-state index contributed by atoms with van der Waals surface area (Å²) in [5.74, 6) is 0.830. The molecule has 0 amide bonds. The number of anilines is 1. The third kappa shape index (κ3) is 3.18. The van der Waals surface area contributed by atoms with E-state index in [4.69, 9.17) is 16.0 Å². The maximum absolute atomic E-state index is 5.68. The van der Waals surface area contributed by atoms with E-state index >= 15 is 0 Å². The van der Waals surface area contributed by atoms with E-state index in [1.807, 2.05) is 12.1 Å². The number of benzene rings is 1. The first kappa shape index (κ1) is 15.4. The van der Waals surface area contributed by atoms with Gasteiger partial charge < -0.3 is 16.0 Å². The average Bonchev–Trinajstić information content (AvgIpc) is 2.57. The van der Waals surface area contributed by atoms with Gasteiger partial charge in [0.25, 0.3) is 0 Å². The molecule has 1 heterocycles. The molecule has 0 spiro atoms. The van der Waals surface area contributed by atoms with E-state index in [1.54, 1.807) is 17.8 Å². The summed E-state index contributed by atoms with van der Waals surface area (Å²) in [7, 11) is 0. The minimum Gasteiger partial charge on any atom is -0.399 e. The van der Waals surface area contributed by atoms with Crippen LogP contribution < -0.4 is 11.5 Å². The molecule has 0 bridgehead atoms. The van der Waals surface area contributed by atoms with E-state index in [0.717, 1.165) is 27.4 Å². The second kappa shape index (κ2) is 6.85. The predicted octanol–water partition coefficient (Wildman–Crippen LogP) is 2.30. The van der Waals surface area contributed by atoms with Crippen LogP contribution in [-0.4, -0.2) is 17.5 Å². The van der Waals surface area contributed by atoms with E-state index in [2.05, 4.69) is 5.16 Å². The highest BCUT2D eigenvalue weighted by molar-refractivity contribution is 7.99. The highest BCUT2D eigenvalue weighted by Gasteiger charge is 2.07. The Hall–Kier alpha value is -0.620. The molecule has 0 radical (unpaired) electrons. The lowest BCUT2D eigenvalue weighted by Gasteiger charge is -1.94. The average molecular weight is 282 g/mol. The Kier molecular flexibility index (Phi) is 6.59. The molecule has 90 valence electrons. The van der Waals surface area contributed by atoms with Crippen LogP contribution in [-0.2, 0) is 0 Å². The van der Waals surface area contributed by atoms with Gasteiger partial charge in [-0.05, 0) is 18.2 Å². The molecular formula is C9H13Cl2N3OS. The molecule has 2 rings (SSSR count). The third-order valence-electron chi connectivity index (χ3n) is 1.82. The number of fused-ring (bicyclic) bond motifs is 1. The molecular weight excluding hydrogens is 269 g/mol. The van der Waals surface area contributed by atoms with Crippen LogP contribution in [0.2, 0.25) is 0 Å². The van der Waals surface area contributed by atoms with E-state index in [0.29, 0.717) is 6.54 Å². The lowest BCUT2D eigenvalue weighted by atomic mass is 10.2. The Morgan fingerprint density at radius 2 is 2.06 bits per heavy atom. The first-order valence-corrected chi connectivity index (χ1v) is 5.27. The van der Waals surface area contributed by atoms with Gasteiger partial charge in [-0.25, -0.2) is 0 Å². The zero-order chi connectivity index (χ0) is 9.97. The first-order chi connectivity index (χ1) is 6.81. The molecule has 0 unspecified atom stereocenters. The van der Waals surface area contributed by atoms with Crippen molar-refractivity contribution in [1.82, 2.24) is 5.16 Å². The molecule has 1 aromatic heterocycles. The number of nitrogens with zero attached hydrogens (tertiary/aromatic N) is 1. The van der Waals surface area contributed by atoms with Crippen LogP contribution in [0.25, 0.3) is 11.0 Å². The van der Waals surface area contributed by atoms with Crippen molar-refractivity contribution in [3.63, 3.8) is 0 Å². The number of aromatic nitrogens is 1. The van der Waals surface area contributed by atoms with Crippen molar-refractivity contribution in [2.45, 2.75) is 5.03 Å². The van der Waals surface area contributed by atoms with Crippen LogP contribution in [0.3, 0.4) is 0 Å². The van der Waals surface area contributed by atoms with Crippen molar-refractivity contribution in [3.05, 3.63) is 18.2 Å². The van der Waals surface area contributed by atoms with Crippen LogP contribution in [0.1, 0.15) is 0 Å². The molecule has 0 aliphatic rings. The maximum atomic E-state index is 5.68. The van der Waals surface area contributed by atoms with Gasteiger partial charge in [0.2, 0.25) is 0 Å². The zero-order valence-electron chi connectivity index (χ0n) is 8.38. The summed E-state index contributed by atoms with van der Waals surface area (Å²) < 4.78 is 5.13. The summed E-state index contributed by atoms with van der Waals surface area (Å²) in [6, 6.07) is 5.49. The van der Waals surface area contributed by atoms with E-state index in [1.165, 1.54) is 0 Å². The zero-order valence-corrected chi connectivity index (χ0v) is 10.8. The van der Waals surface area contributed by atoms with Gasteiger partial charge in [0, 0.05) is 18.0 Å². The van der Waals surface area contributed by atoms with Crippen LogP contribution in [0, 0.1) is 0 Å². The molecule has 0 aliphatic heterocycles. The second-order valence-corrected chi connectivity index (χ2v) is 3.96. The van der Waals surface area contributed by atoms with Gasteiger partial charge in [0.1, 0.15) is 5.03 Å². The standard InChI is InChI=1S/C9H11N3OS.2ClH/c10-3-4-14-9-7-5-6(11)1-2-8(7)13-12-9;;/h1-2,5H,3-4,10-11H2;2*1H. The van der Waals surface area contributed by atoms with Crippen LogP contribution in [0.4, 0.5) is 5.69 Å². The molecule has 0 atom stereocenters. The van der Waals surface area contributed by atoms with Crippen LogP contribution in [0.5, 0.6) is 0 Å². The molecule has 2 aromatic rings. The molecule has 0 saturated heterocycles. The lowest BCUT2D eigenvalue weighted by Crippen LogP contribution is -2.00. The summed E-state index contributed by atoms with van der Waals surface area (Å²) in [6.45, 7) is 0.626. The normalized spacial score (nSPS) is 9.56. The fourth-order valence-corrected chi connectivity index (χ4v) is 1.91. The number of rotatable bonds is 3. The SMILES string of the molecule is Cl.Cl.NCCSc1noc2ccc(N)cc12. The minimum atomic E-state index is 0. The van der Waals surface area contributed by atoms with Crippen LogP contribution >= 0.6 is 36.6 Å². The summed E-state index contributed by atoms with van der Waals surface area (Å²) >= 11 is 1.58. The highest BCUT2D eigenvalue weighted by atomic mass is 35.5. The first-order valence-electron chi connectivity index (χ1n) is 4.29. The van der Waals surface area contributed by atoms with Crippen molar-refractivity contribution < 1.29 is 4.52 Å². The number of nitrogens with two attached hydrogens (primary N) is 2. The smallest absolute Gasteiger partial charge is 0.168 e. The molecule has 0 aliphatic carbocycles. The molecule has 16 heavy (non-hydrogen) atoms. The fraction of sp³-hybridized carbons (Fsp3) is 0.222. The summed E-state index contributed by atoms with van der Waals surface area (Å²) in [5, 5.41) is 5.77. The largest absolute Gasteiger partial charge is 0.399 e. The number of halogens is 2. The van der Waals surface area contributed by atoms with Crippen molar-refractivity contribution in [2.75, 3.05) is 18.0 Å². The number of thioether (sulfide) groups is 1. The van der Waals surface area contributed by atoms with Crippen molar-refractivity contribution >= 4 is 53.2 Å². The van der Waals surface area contributed by atoms with Gasteiger partial charge in [-0.3, -0.25) is 0 Å². The predicted molar refractivity (Wildman–Crippen MR) is 72.7 cm³/mol. The number of hydrogen-bond acceptors (Lipinski definition) is 5. The second-order valence-electron chi connectivity index (χ2n) is 2.88. The van der Waals surface area contributed by atoms with Gasteiger partial charge >= 0.3 is 0 Å². The summed E-state index contributed by atoms with van der Waals surface area (Å²) in [4.78, 5) is 0. The maximum Gasteiger partial charge on any atom is 0.168 e. The Balaban J connectivity index is 0.00000112. The Morgan fingerprint density at radius 1 is 1.31 bits per heavy atom. The van der Waals surface area contributed by atoms with Crippen LogP contribution in [0.15, 0.2) is 27.7 Å². The number of hydrogen-bond donors (Lipinski definition) is 2. The highest BCUT2D eigenvalue weighted by Crippen LogP contribution is 2.28. The van der Waals surface area contributed by atoms with Crippen molar-refractivity contribution in [3.8, 4) is 0 Å². The van der Waals surface area contributed by atoms with E-state index in [-0.39, 0.29) is 24.8 Å². The monoisotopic (exact) mass is 281 g/mol. The number of nitrogen functional groups attached to an aromatic ring is 1. The Morgan fingerprint density at radius 3 is 2.75 bits per heavy atom. The third-order valence-corrected chi connectivity index (χ3v) is 2.83. The van der Waals surface area contributed by atoms with Gasteiger partial charge in [0.15, 0.2) is 5.58 Å². The summed E-state index contributed by atoms with van der Waals surface area (Å²) in [6.07, 6.45) is 0. The summed E-state index contributed by atoms with van der Waals surface area (Å²) in [5.41, 5.74) is 12.6. The molecule has 0 fully saturated rings. The van der Waals surface area contributed by atoms with E-state index < -0.39 is 0 Å². The fourth-order valence-electron chi connectivity index (χ4n) is 1.19. The lowest BCUT2D eigenvalue weighted by molar-refractivity contribution is 0.437. The topological polar surface area (TPSA) is 78.1 Å². The molecule has 0 saturated carbocycles. The quantitative estimate of drug-likeness (QED) is 0.667. The molecule has 7 heteroatoms. The van der Waals surface area contributed by atoms with Crippen molar-refractivity contribution in [1.29, 1.82) is 0 Å². The van der Waals surface area contributed by atoms with Crippen molar-refractivity contribution in [2.24, 2.45) is 5.73 Å². The van der Waals surface area contributed by atoms with Gasteiger partial charge in [-0.2, -0.15) is 0 Å². The molecule has 4 nitrogen and oxygen atoms in total. The molecule has 1 aromatic carbocycles. The van der Waals surface area contributed by atoms with Gasteiger partial charge in [0.05, 0.1) is 5.39 Å². The Labute approximate surface area is 110 Å². The van der Waals surface area contributed by atoms with Gasteiger partial charge in [-0.15, -0.1) is 36.6 Å². The van der Waals surface area contributed by atoms with Gasteiger partial charge in [-0.1, -0.05) is 5.16 Å².